The molecule has 4 aromatic rings. The van der Waals surface area contributed by atoms with Crippen molar-refractivity contribution in [3.63, 3.8) is 0 Å². The first-order valence-corrected chi connectivity index (χ1v) is 11.2. The molecule has 5 rings (SSSR count). The molecule has 0 radical (unpaired) electrons. The molecule has 0 saturated carbocycles. The molecular weight excluding hydrogens is 429 g/mol. The van der Waals surface area contributed by atoms with Gasteiger partial charge in [-0.1, -0.05) is 37.3 Å². The summed E-state index contributed by atoms with van der Waals surface area (Å²) in [5.41, 5.74) is 8.35. The minimum absolute atomic E-state index is 0.402. The number of hydrogen-bond acceptors (Lipinski definition) is 3. The fourth-order valence-corrected chi connectivity index (χ4v) is 4.67. The Balaban J connectivity index is 1.63. The molecule has 2 aromatic carbocycles. The van der Waals surface area contributed by atoms with Gasteiger partial charge in [-0.2, -0.15) is 0 Å². The summed E-state index contributed by atoms with van der Waals surface area (Å²) in [6, 6.07) is 12.4. The number of fused-ring (bicyclic) bond motifs is 3. The number of pyridine rings is 1. The van der Waals surface area contributed by atoms with Gasteiger partial charge in [-0.05, 0) is 77.1 Å². The number of aromatic nitrogens is 3. The molecule has 0 unspecified atom stereocenters. The first-order valence-electron chi connectivity index (χ1n) is 11.2. The number of carbonyl (C=O) groups is 1. The Morgan fingerprint density at radius 1 is 1.03 bits per heavy atom. The van der Waals surface area contributed by atoms with Gasteiger partial charge in [-0.3, -0.25) is 0 Å². The molecule has 0 bridgehead atoms. The van der Waals surface area contributed by atoms with E-state index in [1.807, 2.05) is 37.3 Å². The molecular formula is C28H24FN3O2. The number of hydrogen-bond donors (Lipinski definition) is 1. The van der Waals surface area contributed by atoms with Gasteiger partial charge in [-0.25, -0.2) is 19.2 Å². The fraction of sp³-hybridized carbons (Fsp3) is 0.179. The van der Waals surface area contributed by atoms with Crippen molar-refractivity contribution in [3.8, 4) is 0 Å². The van der Waals surface area contributed by atoms with Crippen molar-refractivity contribution in [2.45, 2.75) is 33.7 Å². The summed E-state index contributed by atoms with van der Waals surface area (Å²) in [5.74, 6) is -0.506. The first-order chi connectivity index (χ1) is 16.3. The predicted molar refractivity (Wildman–Crippen MR) is 132 cm³/mol. The Morgan fingerprint density at radius 3 is 2.59 bits per heavy atom. The number of rotatable bonds is 4. The highest BCUT2D eigenvalue weighted by atomic mass is 19.1. The van der Waals surface area contributed by atoms with Crippen LogP contribution in [-0.4, -0.2) is 25.6 Å². The van der Waals surface area contributed by atoms with Crippen LogP contribution in [0.15, 0.2) is 48.5 Å². The summed E-state index contributed by atoms with van der Waals surface area (Å²) in [5, 5.41) is 9.50. The zero-order valence-corrected chi connectivity index (χ0v) is 19.3. The summed E-state index contributed by atoms with van der Waals surface area (Å²) in [6.45, 7) is 6.71. The maximum absolute atomic E-state index is 14.0. The topological polar surface area (TPSA) is 68.0 Å². The van der Waals surface area contributed by atoms with Crippen molar-refractivity contribution in [2.24, 2.45) is 0 Å². The van der Waals surface area contributed by atoms with Crippen LogP contribution in [0.25, 0.3) is 28.9 Å². The van der Waals surface area contributed by atoms with Gasteiger partial charge in [0, 0.05) is 18.2 Å². The lowest BCUT2D eigenvalue weighted by Gasteiger charge is -2.14. The molecule has 0 fully saturated rings. The van der Waals surface area contributed by atoms with Gasteiger partial charge in [0.25, 0.3) is 0 Å². The Bertz CT molecular complexity index is 1530. The van der Waals surface area contributed by atoms with Crippen LogP contribution in [-0.2, 0) is 17.8 Å². The molecule has 0 aliphatic heterocycles. The van der Waals surface area contributed by atoms with E-state index in [4.69, 9.17) is 9.97 Å². The lowest BCUT2D eigenvalue weighted by Crippen LogP contribution is -2.06. The van der Waals surface area contributed by atoms with Gasteiger partial charge in [0.2, 0.25) is 0 Å². The van der Waals surface area contributed by atoms with Crippen molar-refractivity contribution in [1.82, 2.24) is 14.5 Å². The SMILES string of the molecule is CCc1nc2c(C)cc(C)nc2n1Cc1ccc2c(c1)C=Cc1ccc(F)cc1C2=CC(=O)O. The van der Waals surface area contributed by atoms with Gasteiger partial charge in [0.05, 0.1) is 6.54 Å². The average molecular weight is 454 g/mol. The average Bonchev–Trinajstić information content (AvgIpc) is 3.07. The van der Waals surface area contributed by atoms with Crippen LogP contribution in [0.1, 0.15) is 51.8 Å². The molecule has 170 valence electrons. The molecule has 2 aromatic heterocycles. The Kier molecular flexibility index (Phi) is 5.36. The van der Waals surface area contributed by atoms with Gasteiger partial charge < -0.3 is 9.67 Å². The van der Waals surface area contributed by atoms with Gasteiger partial charge >= 0.3 is 5.97 Å². The van der Waals surface area contributed by atoms with Crippen LogP contribution < -0.4 is 0 Å². The van der Waals surface area contributed by atoms with E-state index in [1.165, 1.54) is 12.1 Å². The zero-order valence-electron chi connectivity index (χ0n) is 19.3. The van der Waals surface area contributed by atoms with Gasteiger partial charge in [0.15, 0.2) is 5.65 Å². The summed E-state index contributed by atoms with van der Waals surface area (Å²) < 4.78 is 16.2. The van der Waals surface area contributed by atoms with E-state index in [1.54, 1.807) is 6.07 Å². The molecule has 0 saturated heterocycles. The van der Waals surface area contributed by atoms with E-state index in [0.29, 0.717) is 17.7 Å². The predicted octanol–water partition coefficient (Wildman–Crippen LogP) is 5.80. The van der Waals surface area contributed by atoms with Crippen molar-refractivity contribution in [2.75, 3.05) is 0 Å². The first kappa shape index (κ1) is 21.8. The highest BCUT2D eigenvalue weighted by Crippen LogP contribution is 2.35. The minimum Gasteiger partial charge on any atom is -0.478 e. The summed E-state index contributed by atoms with van der Waals surface area (Å²) >= 11 is 0. The number of benzene rings is 2. The third-order valence-corrected chi connectivity index (χ3v) is 6.18. The molecule has 0 amide bonds. The maximum atomic E-state index is 14.0. The van der Waals surface area contributed by atoms with Crippen LogP contribution in [0.4, 0.5) is 4.39 Å². The van der Waals surface area contributed by atoms with E-state index in [9.17, 15) is 14.3 Å². The third kappa shape index (κ3) is 3.81. The molecule has 6 heteroatoms. The second kappa shape index (κ2) is 8.37. The minimum atomic E-state index is -1.07. The Morgan fingerprint density at radius 2 is 1.82 bits per heavy atom. The number of carboxylic acid groups (broad SMARTS) is 1. The molecule has 2 heterocycles. The van der Waals surface area contributed by atoms with Crippen molar-refractivity contribution in [1.29, 1.82) is 0 Å². The van der Waals surface area contributed by atoms with Crippen LogP contribution in [0.3, 0.4) is 0 Å². The standard InChI is InChI=1S/C28H24FN3O2/c1-4-25-31-27-16(2)11-17(3)30-28(27)32(25)15-18-5-10-22-20(12-18)7-6-19-8-9-21(29)13-23(19)24(22)14-26(33)34/h5-14H,4,15H2,1-3H3,(H,33,34). The lowest BCUT2D eigenvalue weighted by molar-refractivity contribution is -0.131. The second-order valence-electron chi connectivity index (χ2n) is 8.60. The zero-order chi connectivity index (χ0) is 24.0. The number of aliphatic carboxylic acids is 1. The fourth-order valence-electron chi connectivity index (χ4n) is 4.67. The molecule has 1 aliphatic rings. The van der Waals surface area contributed by atoms with Crippen LogP contribution >= 0.6 is 0 Å². The van der Waals surface area contributed by atoms with Gasteiger partial charge in [0.1, 0.15) is 17.2 Å². The van der Waals surface area contributed by atoms with Crippen molar-refractivity contribution >= 4 is 34.9 Å². The molecule has 1 N–H and O–H groups in total. The summed E-state index contributed by atoms with van der Waals surface area (Å²) in [7, 11) is 0. The highest BCUT2D eigenvalue weighted by Gasteiger charge is 2.19. The summed E-state index contributed by atoms with van der Waals surface area (Å²) in [4.78, 5) is 21.2. The Hall–Kier alpha value is -4.06. The van der Waals surface area contributed by atoms with Crippen LogP contribution in [0, 0.1) is 19.7 Å². The van der Waals surface area contributed by atoms with E-state index < -0.39 is 11.8 Å². The van der Waals surface area contributed by atoms with Gasteiger partial charge in [-0.15, -0.1) is 0 Å². The molecule has 1 aliphatic carbocycles. The van der Waals surface area contributed by atoms with Crippen molar-refractivity contribution < 1.29 is 14.3 Å². The number of carboxylic acids is 1. The summed E-state index contributed by atoms with van der Waals surface area (Å²) in [6.07, 6.45) is 5.79. The molecule has 0 spiro atoms. The van der Waals surface area contributed by atoms with E-state index in [2.05, 4.69) is 24.5 Å². The highest BCUT2D eigenvalue weighted by molar-refractivity contribution is 6.01. The molecule has 0 atom stereocenters. The molecule has 34 heavy (non-hydrogen) atoms. The van der Waals surface area contributed by atoms with Crippen molar-refractivity contribution in [3.05, 3.63) is 99.3 Å². The quantitative estimate of drug-likeness (QED) is 0.349. The lowest BCUT2D eigenvalue weighted by atomic mass is 9.92. The molecule has 5 nitrogen and oxygen atoms in total. The maximum Gasteiger partial charge on any atom is 0.328 e. The van der Waals surface area contributed by atoms with E-state index >= 15 is 0 Å². The number of halogens is 1. The number of aryl methyl sites for hydroxylation is 3. The van der Waals surface area contributed by atoms with E-state index in [-0.39, 0.29) is 0 Å². The third-order valence-electron chi connectivity index (χ3n) is 6.18. The number of imidazole rings is 1. The smallest absolute Gasteiger partial charge is 0.328 e. The van der Waals surface area contributed by atoms with E-state index in [0.717, 1.165) is 63.0 Å². The van der Waals surface area contributed by atoms with Crippen LogP contribution in [0.2, 0.25) is 0 Å². The number of nitrogens with zero attached hydrogens (tertiary/aromatic N) is 3. The Labute approximate surface area is 196 Å². The normalized spacial score (nSPS) is 13.7. The largest absolute Gasteiger partial charge is 0.478 e. The second-order valence-corrected chi connectivity index (χ2v) is 8.60. The van der Waals surface area contributed by atoms with Crippen LogP contribution in [0.5, 0.6) is 0 Å². The monoisotopic (exact) mass is 453 g/mol.